The van der Waals surface area contributed by atoms with Crippen LogP contribution in [0.5, 0.6) is 0 Å². The largest absolute Gasteiger partial charge is 0.460 e. The molecule has 8 aromatic carbocycles. The van der Waals surface area contributed by atoms with Crippen molar-refractivity contribution < 1.29 is 8.83 Å². The second-order valence-corrected chi connectivity index (χ2v) is 17.9. The lowest BCUT2D eigenvalue weighted by molar-refractivity contribution is 0.545. The lowest BCUT2D eigenvalue weighted by Crippen LogP contribution is -2.31. The molecule has 0 radical (unpaired) electrons. The van der Waals surface area contributed by atoms with Gasteiger partial charge in [0.15, 0.2) is 17.5 Å². The van der Waals surface area contributed by atoms with Crippen LogP contribution in [0.15, 0.2) is 207 Å². The summed E-state index contributed by atoms with van der Waals surface area (Å²) in [6, 6.07) is 65.1. The van der Waals surface area contributed by atoms with E-state index in [4.69, 9.17) is 23.8 Å². The molecule has 0 atom stereocenters. The smallest absolute Gasteiger partial charge is 0.167 e. The molecule has 0 amide bonds. The molecule has 2 aliphatic carbocycles. The van der Waals surface area contributed by atoms with Crippen LogP contribution in [0.2, 0.25) is 0 Å². The van der Waals surface area contributed by atoms with Gasteiger partial charge in [-0.15, -0.1) is 0 Å². The maximum atomic E-state index is 6.85. The summed E-state index contributed by atoms with van der Waals surface area (Å²) in [6.07, 6.45) is 3.91. The Morgan fingerprint density at radius 1 is 0.438 bits per heavy atom. The van der Waals surface area contributed by atoms with Gasteiger partial charge < -0.3 is 8.83 Å². The van der Waals surface area contributed by atoms with Crippen molar-refractivity contribution >= 4 is 50.2 Å². The number of aromatic nitrogens is 3. The van der Waals surface area contributed by atoms with Crippen molar-refractivity contribution in [1.82, 2.24) is 15.0 Å². The average Bonchev–Trinajstić information content (AvgIpc) is 4.03. The van der Waals surface area contributed by atoms with Crippen molar-refractivity contribution in [2.75, 3.05) is 0 Å². The number of nitrogens with zero attached hydrogens (tertiary/aromatic N) is 3. The highest BCUT2D eigenvalue weighted by molar-refractivity contribution is 7.99. The third kappa shape index (κ3) is 5.00. The molecule has 1 spiro atoms. The zero-order chi connectivity index (χ0) is 41.9. The minimum absolute atomic E-state index is 0.441. The van der Waals surface area contributed by atoms with E-state index < -0.39 is 5.41 Å². The summed E-state index contributed by atoms with van der Waals surface area (Å²) in [5, 5.41) is 3.12. The zero-order valence-corrected chi connectivity index (χ0v) is 35.2. The molecule has 0 saturated heterocycles. The van der Waals surface area contributed by atoms with Crippen LogP contribution in [-0.2, 0) is 11.8 Å². The van der Waals surface area contributed by atoms with Gasteiger partial charge in [0, 0.05) is 49.1 Å². The second-order valence-electron chi connectivity index (χ2n) is 16.8. The number of hydrogen-bond donors (Lipinski definition) is 0. The van der Waals surface area contributed by atoms with Gasteiger partial charge in [0.2, 0.25) is 0 Å². The van der Waals surface area contributed by atoms with Gasteiger partial charge >= 0.3 is 0 Å². The maximum Gasteiger partial charge on any atom is 0.167 e. The van der Waals surface area contributed by atoms with Gasteiger partial charge in [0.05, 0.1) is 11.0 Å². The standard InChI is InChI=1S/C58H35N3O2S/c1-2-15-34(16-3-1)55-59-56(40-21-14-28-49-53(40)39-18-5-9-27-47(39)62-49)61-57(60-55)41-22-12-20-37-42-33-35(31-32-48(42)63-54(37)41)36-19-13-26-46-52(36)38-17-4-6-23-43(38)58(46)44-24-7-10-29-50(44)64-51-30-11-8-25-45(51)58/h1-13,15-27,29-33H,14,28H2. The quantitative estimate of drug-likeness (QED) is 0.176. The Morgan fingerprint density at radius 3 is 1.94 bits per heavy atom. The average molecular weight is 838 g/mol. The molecule has 3 aliphatic rings. The number of rotatable bonds is 4. The number of benzene rings is 8. The van der Waals surface area contributed by atoms with Gasteiger partial charge in [0.1, 0.15) is 22.5 Å². The Bertz CT molecular complexity index is 3740. The minimum Gasteiger partial charge on any atom is -0.460 e. The van der Waals surface area contributed by atoms with Crippen molar-refractivity contribution in [2.24, 2.45) is 0 Å². The van der Waals surface area contributed by atoms with Crippen LogP contribution in [0.25, 0.3) is 83.5 Å². The first-order valence-corrected chi connectivity index (χ1v) is 22.6. The normalized spacial score (nSPS) is 14.3. The number of para-hydroxylation sites is 2. The van der Waals surface area contributed by atoms with Crippen molar-refractivity contribution in [1.29, 1.82) is 0 Å². The first-order chi connectivity index (χ1) is 31.7. The fourth-order valence-corrected chi connectivity index (χ4v) is 12.0. The van der Waals surface area contributed by atoms with E-state index in [1.54, 1.807) is 0 Å². The molecule has 4 heterocycles. The lowest BCUT2D eigenvalue weighted by Gasteiger charge is -2.39. The monoisotopic (exact) mass is 837 g/mol. The fraction of sp³-hybridized carbons (Fsp3) is 0.0517. The Balaban J connectivity index is 0.951. The van der Waals surface area contributed by atoms with Gasteiger partial charge in [-0.1, -0.05) is 163 Å². The molecule has 0 fully saturated rings. The first kappa shape index (κ1) is 35.8. The summed E-state index contributed by atoms with van der Waals surface area (Å²) < 4.78 is 13.2. The molecule has 0 N–H and O–H groups in total. The fourth-order valence-electron chi connectivity index (χ4n) is 10.8. The van der Waals surface area contributed by atoms with Crippen molar-refractivity contribution in [3.05, 3.63) is 227 Å². The molecule has 6 heteroatoms. The van der Waals surface area contributed by atoms with Crippen LogP contribution in [0, 0.1) is 0 Å². The molecule has 1 aliphatic heterocycles. The van der Waals surface area contributed by atoms with Gasteiger partial charge in [-0.2, -0.15) is 0 Å². The molecule has 0 unspecified atom stereocenters. The predicted octanol–water partition coefficient (Wildman–Crippen LogP) is 14.7. The SMILES string of the molecule is C1=C(c2nc(-c3ccccc3)nc(-c3cccc4c3oc3ccc(-c5cccc6c5-c5ccccc5C65c6ccccc6Sc6ccccc65)cc34)n2)c2c(oc3ccccc23)CC1. The summed E-state index contributed by atoms with van der Waals surface area (Å²) in [5.41, 5.74) is 15.9. The Hall–Kier alpha value is -7.80. The third-order valence-corrected chi connectivity index (χ3v) is 14.6. The lowest BCUT2D eigenvalue weighted by atomic mass is 9.67. The number of hydrogen-bond acceptors (Lipinski definition) is 6. The summed E-state index contributed by atoms with van der Waals surface area (Å²) >= 11 is 1.87. The molecule has 11 aromatic rings. The Kier molecular flexibility index (Phi) is 7.60. The van der Waals surface area contributed by atoms with E-state index in [1.165, 1.54) is 48.7 Å². The van der Waals surface area contributed by atoms with Gasteiger partial charge in [-0.25, -0.2) is 15.0 Å². The van der Waals surface area contributed by atoms with E-state index in [-0.39, 0.29) is 0 Å². The van der Waals surface area contributed by atoms with Crippen LogP contribution in [0.3, 0.4) is 0 Å². The van der Waals surface area contributed by atoms with E-state index in [9.17, 15) is 0 Å². The maximum absolute atomic E-state index is 6.85. The first-order valence-electron chi connectivity index (χ1n) is 21.8. The molecule has 3 aromatic heterocycles. The molecule has 300 valence electrons. The minimum atomic E-state index is -0.441. The third-order valence-electron chi connectivity index (χ3n) is 13.5. The van der Waals surface area contributed by atoms with Crippen molar-refractivity contribution in [3.63, 3.8) is 0 Å². The van der Waals surface area contributed by atoms with E-state index in [1.807, 2.05) is 54.2 Å². The van der Waals surface area contributed by atoms with Gasteiger partial charge in [0.25, 0.3) is 0 Å². The van der Waals surface area contributed by atoms with Crippen LogP contribution >= 0.6 is 11.8 Å². The number of furan rings is 2. The number of fused-ring (bicyclic) bond motifs is 15. The number of aryl methyl sites for hydroxylation is 1. The Labute approximate surface area is 372 Å². The van der Waals surface area contributed by atoms with E-state index in [2.05, 4.69) is 146 Å². The predicted molar refractivity (Wildman–Crippen MR) is 256 cm³/mol. The van der Waals surface area contributed by atoms with Crippen molar-refractivity contribution in [3.8, 4) is 45.0 Å². The van der Waals surface area contributed by atoms with Gasteiger partial charge in [-0.05, 0) is 87.3 Å². The van der Waals surface area contributed by atoms with E-state index in [0.717, 1.165) is 79.3 Å². The molecule has 0 saturated carbocycles. The number of allylic oxidation sites excluding steroid dienone is 1. The highest BCUT2D eigenvalue weighted by Gasteiger charge is 2.50. The topological polar surface area (TPSA) is 65.0 Å². The van der Waals surface area contributed by atoms with E-state index >= 15 is 0 Å². The van der Waals surface area contributed by atoms with Crippen LogP contribution in [0.4, 0.5) is 0 Å². The summed E-state index contributed by atoms with van der Waals surface area (Å²) in [7, 11) is 0. The van der Waals surface area contributed by atoms with Crippen LogP contribution in [-0.4, -0.2) is 15.0 Å². The summed E-state index contributed by atoms with van der Waals surface area (Å²) in [5.74, 6) is 2.75. The highest BCUT2D eigenvalue weighted by Crippen LogP contribution is 2.63. The molecular formula is C58H35N3O2S. The molecular weight excluding hydrogens is 803 g/mol. The van der Waals surface area contributed by atoms with Crippen LogP contribution in [0.1, 0.15) is 45.8 Å². The molecule has 14 rings (SSSR count). The Morgan fingerprint density at radius 2 is 1.08 bits per heavy atom. The second kappa shape index (κ2) is 13.6. The summed E-state index contributed by atoms with van der Waals surface area (Å²) in [6.45, 7) is 0. The zero-order valence-electron chi connectivity index (χ0n) is 34.4. The van der Waals surface area contributed by atoms with Gasteiger partial charge in [-0.3, -0.25) is 0 Å². The molecule has 64 heavy (non-hydrogen) atoms. The van der Waals surface area contributed by atoms with E-state index in [0.29, 0.717) is 17.5 Å². The highest BCUT2D eigenvalue weighted by atomic mass is 32.2. The summed E-state index contributed by atoms with van der Waals surface area (Å²) in [4.78, 5) is 18.2. The molecule has 0 bridgehead atoms. The molecule has 5 nitrogen and oxygen atoms in total. The van der Waals surface area contributed by atoms with Crippen molar-refractivity contribution in [2.45, 2.75) is 28.0 Å². The van der Waals surface area contributed by atoms with Crippen LogP contribution < -0.4 is 0 Å².